The second kappa shape index (κ2) is 7.13. The summed E-state index contributed by atoms with van der Waals surface area (Å²) in [5.74, 6) is -3.37. The highest BCUT2D eigenvalue weighted by Gasteiger charge is 2.13. The van der Waals surface area contributed by atoms with Gasteiger partial charge in [0.25, 0.3) is 0 Å². The van der Waals surface area contributed by atoms with Crippen molar-refractivity contribution >= 4 is 23.0 Å². The molecule has 2 aromatic carbocycles. The van der Waals surface area contributed by atoms with Gasteiger partial charge < -0.3 is 15.4 Å². The number of hydrogen-bond acceptors (Lipinski definition) is 2. The van der Waals surface area contributed by atoms with Crippen molar-refractivity contribution in [3.63, 3.8) is 0 Å². The molecule has 0 aromatic heterocycles. The van der Waals surface area contributed by atoms with Crippen LogP contribution in [0.2, 0.25) is 0 Å². The van der Waals surface area contributed by atoms with Gasteiger partial charge >= 0.3 is 0 Å². The molecule has 2 rings (SSSR count). The molecule has 0 fully saturated rings. The van der Waals surface area contributed by atoms with Crippen molar-refractivity contribution in [1.29, 1.82) is 0 Å². The summed E-state index contributed by atoms with van der Waals surface area (Å²) in [7, 11) is 1.57. The van der Waals surface area contributed by atoms with E-state index in [1.54, 1.807) is 19.2 Å². The third-order valence-electron chi connectivity index (χ3n) is 2.90. The van der Waals surface area contributed by atoms with Gasteiger partial charge in [0.15, 0.2) is 22.6 Å². The van der Waals surface area contributed by atoms with Gasteiger partial charge in [-0.1, -0.05) is 12.1 Å². The van der Waals surface area contributed by atoms with Gasteiger partial charge in [0, 0.05) is 6.54 Å². The first-order chi connectivity index (χ1) is 10.5. The molecule has 0 saturated heterocycles. The predicted octanol–water partition coefficient (Wildman–Crippen LogP) is 3.60. The molecule has 0 aliphatic rings. The van der Waals surface area contributed by atoms with Crippen LogP contribution in [-0.2, 0) is 6.54 Å². The highest BCUT2D eigenvalue weighted by atomic mass is 32.1. The molecule has 0 heterocycles. The monoisotopic (exact) mass is 326 g/mol. The predicted molar refractivity (Wildman–Crippen MR) is 82.4 cm³/mol. The van der Waals surface area contributed by atoms with Crippen LogP contribution in [0.5, 0.6) is 5.75 Å². The zero-order valence-electron chi connectivity index (χ0n) is 11.6. The third kappa shape index (κ3) is 3.88. The lowest BCUT2D eigenvalue weighted by Crippen LogP contribution is -2.28. The first kappa shape index (κ1) is 16.1. The number of nitrogens with one attached hydrogen (secondary N) is 2. The molecule has 0 bridgehead atoms. The molecule has 0 radical (unpaired) electrons. The lowest BCUT2D eigenvalue weighted by atomic mass is 10.2. The summed E-state index contributed by atoms with van der Waals surface area (Å²) in [6, 6.07) is 9.17. The van der Waals surface area contributed by atoms with E-state index in [1.165, 1.54) is 0 Å². The molecule has 7 heteroatoms. The number of methoxy groups -OCH3 is 1. The summed E-state index contributed by atoms with van der Waals surface area (Å²) in [5.41, 5.74) is 0.696. The van der Waals surface area contributed by atoms with E-state index in [2.05, 4.69) is 10.6 Å². The minimum Gasteiger partial charge on any atom is -0.497 e. The molecule has 2 N–H and O–H groups in total. The van der Waals surface area contributed by atoms with Crippen molar-refractivity contribution in [1.82, 2.24) is 5.32 Å². The van der Waals surface area contributed by atoms with E-state index in [-0.39, 0.29) is 10.8 Å². The van der Waals surface area contributed by atoms with Gasteiger partial charge in [-0.15, -0.1) is 0 Å². The molecule has 3 nitrogen and oxygen atoms in total. The fourth-order valence-electron chi connectivity index (χ4n) is 1.71. The molecular weight excluding hydrogens is 313 g/mol. The first-order valence-corrected chi connectivity index (χ1v) is 6.73. The highest BCUT2D eigenvalue weighted by molar-refractivity contribution is 7.80. The maximum absolute atomic E-state index is 13.5. The maximum atomic E-state index is 13.5. The van der Waals surface area contributed by atoms with Gasteiger partial charge in [-0.25, -0.2) is 13.2 Å². The largest absolute Gasteiger partial charge is 0.497 e. The maximum Gasteiger partial charge on any atom is 0.196 e. The minimum absolute atomic E-state index is 0.0979. The summed E-state index contributed by atoms with van der Waals surface area (Å²) < 4.78 is 44.5. The summed E-state index contributed by atoms with van der Waals surface area (Å²) in [5, 5.41) is 5.43. The second-order valence-electron chi connectivity index (χ2n) is 4.38. The average Bonchev–Trinajstić information content (AvgIpc) is 2.54. The standard InChI is InChI=1S/C15H13F3N2OS/c1-21-10-4-2-9(3-5-10)8-19-15(22)20-12-7-6-11(16)13(17)14(12)18/h2-7H,8H2,1H3,(H2,19,20,22). The number of hydrogen-bond donors (Lipinski definition) is 2. The van der Waals surface area contributed by atoms with Crippen molar-refractivity contribution < 1.29 is 17.9 Å². The summed E-state index contributed by atoms with van der Waals surface area (Å²) in [4.78, 5) is 0. The van der Waals surface area contributed by atoms with Gasteiger partial charge in [-0.2, -0.15) is 0 Å². The Labute approximate surface area is 131 Å². The zero-order valence-corrected chi connectivity index (χ0v) is 12.4. The molecule has 0 spiro atoms. The first-order valence-electron chi connectivity index (χ1n) is 6.32. The zero-order chi connectivity index (χ0) is 16.1. The SMILES string of the molecule is COc1ccc(CNC(=S)Nc2ccc(F)c(F)c2F)cc1. The van der Waals surface area contributed by atoms with Crippen LogP contribution in [0.15, 0.2) is 36.4 Å². The number of halogens is 3. The molecule has 22 heavy (non-hydrogen) atoms. The minimum atomic E-state index is -1.54. The third-order valence-corrected chi connectivity index (χ3v) is 3.14. The Morgan fingerprint density at radius 3 is 2.36 bits per heavy atom. The number of anilines is 1. The Bertz CT molecular complexity index is 677. The molecule has 2 aromatic rings. The van der Waals surface area contributed by atoms with Crippen molar-refractivity contribution in [2.45, 2.75) is 6.54 Å². The van der Waals surface area contributed by atoms with E-state index in [4.69, 9.17) is 17.0 Å². The van der Waals surface area contributed by atoms with Crippen LogP contribution in [0.4, 0.5) is 18.9 Å². The Kier molecular flexibility index (Phi) is 5.21. The van der Waals surface area contributed by atoms with Gasteiger partial charge in [0.05, 0.1) is 12.8 Å². The lowest BCUT2D eigenvalue weighted by molar-refractivity contribution is 0.414. The van der Waals surface area contributed by atoms with E-state index in [1.807, 2.05) is 12.1 Å². The second-order valence-corrected chi connectivity index (χ2v) is 4.79. The van der Waals surface area contributed by atoms with Gasteiger partial charge in [-0.3, -0.25) is 0 Å². The van der Waals surface area contributed by atoms with E-state index in [0.29, 0.717) is 6.54 Å². The molecule has 0 amide bonds. The summed E-state index contributed by atoms with van der Waals surface area (Å²) in [6.07, 6.45) is 0. The lowest BCUT2D eigenvalue weighted by Gasteiger charge is -2.12. The van der Waals surface area contributed by atoms with E-state index < -0.39 is 17.5 Å². The summed E-state index contributed by atoms with van der Waals surface area (Å²) in [6.45, 7) is 0.390. The van der Waals surface area contributed by atoms with Crippen LogP contribution in [-0.4, -0.2) is 12.2 Å². The highest BCUT2D eigenvalue weighted by Crippen LogP contribution is 2.19. The molecule has 0 aliphatic carbocycles. The molecule has 0 saturated carbocycles. The smallest absolute Gasteiger partial charge is 0.196 e. The molecule has 0 atom stereocenters. The van der Waals surface area contributed by atoms with Crippen molar-refractivity contribution in [2.75, 3.05) is 12.4 Å². The molecular formula is C15H13F3N2OS. The number of ether oxygens (including phenoxy) is 1. The number of rotatable bonds is 4. The molecule has 0 unspecified atom stereocenters. The van der Waals surface area contributed by atoms with Crippen LogP contribution >= 0.6 is 12.2 Å². The molecule has 0 aliphatic heterocycles. The quantitative estimate of drug-likeness (QED) is 0.664. The fraction of sp³-hybridized carbons (Fsp3) is 0.133. The topological polar surface area (TPSA) is 33.3 Å². The van der Waals surface area contributed by atoms with Gasteiger partial charge in [0.1, 0.15) is 5.75 Å². The van der Waals surface area contributed by atoms with Crippen LogP contribution in [0.1, 0.15) is 5.56 Å². The van der Waals surface area contributed by atoms with Gasteiger partial charge in [0.2, 0.25) is 0 Å². The fourth-order valence-corrected chi connectivity index (χ4v) is 1.90. The number of thiocarbonyl (C=S) groups is 1. The Balaban J connectivity index is 1.94. The van der Waals surface area contributed by atoms with Crippen molar-refractivity contribution in [3.8, 4) is 5.75 Å². The number of benzene rings is 2. The average molecular weight is 326 g/mol. The van der Waals surface area contributed by atoms with E-state index >= 15 is 0 Å². The van der Waals surface area contributed by atoms with E-state index in [0.717, 1.165) is 23.4 Å². The normalized spacial score (nSPS) is 10.2. The Morgan fingerprint density at radius 2 is 1.73 bits per heavy atom. The van der Waals surface area contributed by atoms with Crippen molar-refractivity contribution in [3.05, 3.63) is 59.4 Å². The van der Waals surface area contributed by atoms with Crippen LogP contribution < -0.4 is 15.4 Å². The summed E-state index contributed by atoms with van der Waals surface area (Å²) >= 11 is 4.99. The van der Waals surface area contributed by atoms with E-state index in [9.17, 15) is 13.2 Å². The molecule has 116 valence electrons. The van der Waals surface area contributed by atoms with Crippen molar-refractivity contribution in [2.24, 2.45) is 0 Å². The van der Waals surface area contributed by atoms with Gasteiger partial charge in [-0.05, 0) is 42.0 Å². The van der Waals surface area contributed by atoms with Crippen LogP contribution in [0.25, 0.3) is 0 Å². The van der Waals surface area contributed by atoms with Crippen LogP contribution in [0, 0.1) is 17.5 Å². The Morgan fingerprint density at radius 1 is 1.05 bits per heavy atom. The van der Waals surface area contributed by atoms with Crippen LogP contribution in [0.3, 0.4) is 0 Å². The Hall–Kier alpha value is -2.28.